The van der Waals surface area contributed by atoms with Crippen LogP contribution in [0, 0.1) is 30.5 Å². The van der Waals surface area contributed by atoms with Crippen molar-refractivity contribution in [1.82, 2.24) is 15.0 Å². The molecule has 4 rings (SSSR count). The van der Waals surface area contributed by atoms with Gasteiger partial charge in [-0.2, -0.15) is 4.98 Å². The molecule has 1 aromatic carbocycles. The van der Waals surface area contributed by atoms with E-state index in [9.17, 15) is 19.1 Å². The molecule has 2 heterocycles. The summed E-state index contributed by atoms with van der Waals surface area (Å²) in [6.07, 6.45) is 2.55. The van der Waals surface area contributed by atoms with Crippen molar-refractivity contribution in [3.63, 3.8) is 0 Å². The third-order valence-corrected chi connectivity index (χ3v) is 5.71. The first-order valence-electron chi connectivity index (χ1n) is 9.52. The van der Waals surface area contributed by atoms with Gasteiger partial charge in [0.2, 0.25) is 17.6 Å². The summed E-state index contributed by atoms with van der Waals surface area (Å²) in [5.41, 5.74) is 1.05. The maximum Gasteiger partial charge on any atom is 0.308 e. The molecular formula is C20H22FN3O4. The van der Waals surface area contributed by atoms with Gasteiger partial charge in [0.05, 0.1) is 5.92 Å². The molecule has 1 aliphatic carbocycles. The highest BCUT2D eigenvalue weighted by molar-refractivity contribution is 5.79. The first-order chi connectivity index (χ1) is 13.4. The summed E-state index contributed by atoms with van der Waals surface area (Å²) in [7, 11) is 0. The smallest absolute Gasteiger partial charge is 0.308 e. The molecule has 0 unspecified atom stereocenters. The molecule has 1 saturated heterocycles. The number of benzene rings is 1. The number of likely N-dealkylation sites (tertiary alicyclic amines) is 1. The van der Waals surface area contributed by atoms with Gasteiger partial charge >= 0.3 is 5.97 Å². The van der Waals surface area contributed by atoms with E-state index in [1.165, 1.54) is 6.07 Å². The second-order valence-corrected chi connectivity index (χ2v) is 7.72. The van der Waals surface area contributed by atoms with E-state index in [0.29, 0.717) is 29.5 Å². The normalized spacial score (nSPS) is 21.9. The molecule has 2 aliphatic rings. The van der Waals surface area contributed by atoms with Crippen LogP contribution in [-0.4, -0.2) is 45.1 Å². The fraction of sp³-hybridized carbons (Fsp3) is 0.500. The standard InChI is InChI=1S/C20H22FN3O4/c1-11-2-3-13(8-16(11)21)19-22-17(28-23-19)6-7-18(25)24-9-14(12-4-5-12)15(10-24)20(26)27/h2-3,8,12,14-15H,4-7,9-10H2,1H3,(H,26,27)/t14-,15+/m1/s1. The Labute approximate surface area is 161 Å². The molecule has 2 atom stereocenters. The van der Waals surface area contributed by atoms with Gasteiger partial charge in [-0.3, -0.25) is 9.59 Å². The van der Waals surface area contributed by atoms with Crippen molar-refractivity contribution < 1.29 is 23.6 Å². The van der Waals surface area contributed by atoms with E-state index < -0.39 is 11.9 Å². The maximum absolute atomic E-state index is 13.7. The predicted octanol–water partition coefficient (Wildman–Crippen LogP) is 2.69. The van der Waals surface area contributed by atoms with Crippen molar-refractivity contribution in [2.24, 2.45) is 17.8 Å². The van der Waals surface area contributed by atoms with Crippen molar-refractivity contribution >= 4 is 11.9 Å². The zero-order chi connectivity index (χ0) is 19.8. The van der Waals surface area contributed by atoms with E-state index in [1.54, 1.807) is 24.0 Å². The number of carboxylic acid groups (broad SMARTS) is 1. The maximum atomic E-state index is 13.7. The van der Waals surface area contributed by atoms with Crippen molar-refractivity contribution in [3.05, 3.63) is 35.5 Å². The number of carboxylic acids is 1. The molecule has 0 radical (unpaired) electrons. The Bertz CT molecular complexity index is 909. The van der Waals surface area contributed by atoms with Crippen molar-refractivity contribution in [3.8, 4) is 11.4 Å². The number of carbonyl (C=O) groups excluding carboxylic acids is 1. The topological polar surface area (TPSA) is 96.5 Å². The molecule has 8 heteroatoms. The van der Waals surface area contributed by atoms with Crippen LogP contribution in [0.1, 0.15) is 30.7 Å². The van der Waals surface area contributed by atoms with Gasteiger partial charge in [0.1, 0.15) is 5.82 Å². The third kappa shape index (κ3) is 3.76. The molecule has 28 heavy (non-hydrogen) atoms. The number of hydrogen-bond donors (Lipinski definition) is 1. The molecule has 148 valence electrons. The SMILES string of the molecule is Cc1ccc(-c2noc(CCC(=O)N3C[C@H](C(=O)O)[C@@H](C4CC4)C3)n2)cc1F. The van der Waals surface area contributed by atoms with E-state index in [0.717, 1.165) is 12.8 Å². The zero-order valence-corrected chi connectivity index (χ0v) is 15.6. The molecule has 7 nitrogen and oxygen atoms in total. The number of halogens is 1. The van der Waals surface area contributed by atoms with E-state index in [-0.39, 0.29) is 42.9 Å². The Morgan fingerprint density at radius 2 is 2.11 bits per heavy atom. The van der Waals surface area contributed by atoms with Crippen LogP contribution >= 0.6 is 0 Å². The molecule has 1 N–H and O–H groups in total. The Balaban J connectivity index is 1.36. The van der Waals surface area contributed by atoms with E-state index in [1.807, 2.05) is 0 Å². The molecule has 1 aromatic heterocycles. The monoisotopic (exact) mass is 387 g/mol. The number of aryl methyl sites for hydroxylation is 2. The molecule has 0 spiro atoms. The second-order valence-electron chi connectivity index (χ2n) is 7.72. The number of rotatable bonds is 6. The van der Waals surface area contributed by atoms with E-state index >= 15 is 0 Å². The first-order valence-corrected chi connectivity index (χ1v) is 9.52. The number of nitrogens with zero attached hydrogens (tertiary/aromatic N) is 3. The summed E-state index contributed by atoms with van der Waals surface area (Å²) in [5, 5.41) is 13.3. The highest BCUT2D eigenvalue weighted by atomic mass is 19.1. The van der Waals surface area contributed by atoms with Crippen LogP contribution in [0.5, 0.6) is 0 Å². The van der Waals surface area contributed by atoms with Gasteiger partial charge in [-0.1, -0.05) is 17.3 Å². The number of amides is 1. The predicted molar refractivity (Wildman–Crippen MR) is 96.7 cm³/mol. The summed E-state index contributed by atoms with van der Waals surface area (Å²) in [4.78, 5) is 29.9. The van der Waals surface area contributed by atoms with E-state index in [4.69, 9.17) is 4.52 Å². The second kappa shape index (κ2) is 7.33. The summed E-state index contributed by atoms with van der Waals surface area (Å²) in [6.45, 7) is 2.46. The fourth-order valence-corrected chi connectivity index (χ4v) is 3.87. The minimum absolute atomic E-state index is 0.0629. The van der Waals surface area contributed by atoms with Gasteiger partial charge in [0, 0.05) is 31.5 Å². The summed E-state index contributed by atoms with van der Waals surface area (Å²) in [5.74, 6) is -0.650. The van der Waals surface area contributed by atoms with Crippen LogP contribution in [0.4, 0.5) is 4.39 Å². The lowest BCUT2D eigenvalue weighted by molar-refractivity contribution is -0.142. The minimum atomic E-state index is -0.820. The Kier molecular flexibility index (Phi) is 4.87. The van der Waals surface area contributed by atoms with Crippen molar-refractivity contribution in [2.45, 2.75) is 32.6 Å². The highest BCUT2D eigenvalue weighted by Crippen LogP contribution is 2.44. The Morgan fingerprint density at radius 3 is 2.79 bits per heavy atom. The average molecular weight is 387 g/mol. The molecule has 1 aliphatic heterocycles. The third-order valence-electron chi connectivity index (χ3n) is 5.71. The Morgan fingerprint density at radius 1 is 1.32 bits per heavy atom. The van der Waals surface area contributed by atoms with Gasteiger partial charge in [0.25, 0.3) is 0 Å². The first kappa shape index (κ1) is 18.6. The molecule has 1 saturated carbocycles. The molecular weight excluding hydrogens is 365 g/mol. The van der Waals surface area contributed by atoms with Crippen LogP contribution in [0.25, 0.3) is 11.4 Å². The van der Waals surface area contributed by atoms with Crippen LogP contribution in [0.3, 0.4) is 0 Å². The zero-order valence-electron chi connectivity index (χ0n) is 15.6. The number of hydrogen-bond acceptors (Lipinski definition) is 5. The van der Waals surface area contributed by atoms with Gasteiger partial charge in [0.15, 0.2) is 0 Å². The number of carbonyl (C=O) groups is 2. The quantitative estimate of drug-likeness (QED) is 0.819. The summed E-state index contributed by atoms with van der Waals surface area (Å²) in [6, 6.07) is 4.71. The lowest BCUT2D eigenvalue weighted by atomic mass is 9.92. The molecule has 2 aromatic rings. The molecule has 0 bridgehead atoms. The van der Waals surface area contributed by atoms with Crippen LogP contribution in [0.2, 0.25) is 0 Å². The summed E-state index contributed by atoms with van der Waals surface area (Å²) < 4.78 is 18.9. The average Bonchev–Trinajstić information content (AvgIpc) is 3.23. The van der Waals surface area contributed by atoms with Gasteiger partial charge in [-0.15, -0.1) is 0 Å². The van der Waals surface area contributed by atoms with Gasteiger partial charge in [-0.25, -0.2) is 4.39 Å². The lowest BCUT2D eigenvalue weighted by Gasteiger charge is -2.15. The summed E-state index contributed by atoms with van der Waals surface area (Å²) >= 11 is 0. The molecule has 1 amide bonds. The van der Waals surface area contributed by atoms with Gasteiger partial charge in [-0.05, 0) is 43.2 Å². The number of aromatic nitrogens is 2. The highest BCUT2D eigenvalue weighted by Gasteiger charge is 2.46. The van der Waals surface area contributed by atoms with Crippen molar-refractivity contribution in [1.29, 1.82) is 0 Å². The molecule has 2 fully saturated rings. The largest absolute Gasteiger partial charge is 0.481 e. The minimum Gasteiger partial charge on any atom is -0.481 e. The fourth-order valence-electron chi connectivity index (χ4n) is 3.87. The van der Waals surface area contributed by atoms with Gasteiger partial charge < -0.3 is 14.5 Å². The van der Waals surface area contributed by atoms with Crippen LogP contribution in [0.15, 0.2) is 22.7 Å². The lowest BCUT2D eigenvalue weighted by Crippen LogP contribution is -2.30. The Hall–Kier alpha value is -2.77. The van der Waals surface area contributed by atoms with Crippen molar-refractivity contribution in [2.75, 3.05) is 13.1 Å². The van der Waals surface area contributed by atoms with Crippen LogP contribution in [-0.2, 0) is 16.0 Å². The van der Waals surface area contributed by atoms with Crippen LogP contribution < -0.4 is 0 Å². The van der Waals surface area contributed by atoms with E-state index in [2.05, 4.69) is 10.1 Å². The number of aliphatic carboxylic acids is 1.